The Bertz CT molecular complexity index is 1920. The number of carbonyl (C=O) groups excluding carboxylic acids is 1. The highest BCUT2D eigenvalue weighted by Gasteiger charge is 2.19. The number of aromatic amines is 2. The van der Waals surface area contributed by atoms with Crippen LogP contribution in [-0.2, 0) is 4.79 Å². The van der Waals surface area contributed by atoms with Gasteiger partial charge in [0.15, 0.2) is 11.5 Å². The number of nitrogens with two attached hydrogens (primary N) is 1. The van der Waals surface area contributed by atoms with E-state index in [1.807, 2.05) is 12.1 Å². The van der Waals surface area contributed by atoms with Gasteiger partial charge in [0.1, 0.15) is 17.0 Å². The first-order valence-corrected chi connectivity index (χ1v) is 14.0. The van der Waals surface area contributed by atoms with Gasteiger partial charge in [-0.15, -0.1) is 0 Å². The SMILES string of the molecule is Nc1cc(F)cc(-c2ccnc3[nH]c(-c4n[nH]c5cnc(-c6cncc(NC(=O)CC7CCCCC7)c6)cc45)nc23)c1. The molecule has 0 saturated heterocycles. The molecule has 5 heterocycles. The van der Waals surface area contributed by atoms with Gasteiger partial charge in [0.25, 0.3) is 0 Å². The molecular formula is C31H28FN9O. The van der Waals surface area contributed by atoms with Gasteiger partial charge >= 0.3 is 0 Å². The van der Waals surface area contributed by atoms with Gasteiger partial charge in [-0.3, -0.25) is 19.9 Å². The van der Waals surface area contributed by atoms with Crippen LogP contribution in [0.15, 0.2) is 61.2 Å². The number of rotatable bonds is 6. The molecule has 7 rings (SSSR count). The number of nitrogens with zero attached hydrogens (tertiary/aromatic N) is 5. The van der Waals surface area contributed by atoms with E-state index in [2.05, 4.69) is 35.5 Å². The van der Waals surface area contributed by atoms with E-state index in [0.717, 1.165) is 29.3 Å². The number of pyridine rings is 3. The van der Waals surface area contributed by atoms with Gasteiger partial charge in [0.05, 0.1) is 29.3 Å². The van der Waals surface area contributed by atoms with Crippen molar-refractivity contribution < 1.29 is 9.18 Å². The number of H-pyrrole nitrogens is 2. The summed E-state index contributed by atoms with van der Waals surface area (Å²) in [5.74, 6) is 0.543. The van der Waals surface area contributed by atoms with Crippen molar-refractivity contribution in [3.05, 3.63) is 67.0 Å². The summed E-state index contributed by atoms with van der Waals surface area (Å²) in [7, 11) is 0. The zero-order valence-electron chi connectivity index (χ0n) is 22.7. The number of aromatic nitrogens is 7. The quantitative estimate of drug-likeness (QED) is 0.175. The van der Waals surface area contributed by atoms with E-state index in [1.54, 1.807) is 36.9 Å². The summed E-state index contributed by atoms with van der Waals surface area (Å²) in [5.41, 5.74) is 12.0. The summed E-state index contributed by atoms with van der Waals surface area (Å²) >= 11 is 0. The van der Waals surface area contributed by atoms with Crippen molar-refractivity contribution in [2.45, 2.75) is 38.5 Å². The highest BCUT2D eigenvalue weighted by molar-refractivity contribution is 5.97. The Balaban J connectivity index is 1.20. The first-order chi connectivity index (χ1) is 20.5. The van der Waals surface area contributed by atoms with E-state index in [1.165, 1.54) is 31.4 Å². The number of halogens is 1. The van der Waals surface area contributed by atoms with Crippen LogP contribution < -0.4 is 11.1 Å². The van der Waals surface area contributed by atoms with Crippen molar-refractivity contribution in [1.29, 1.82) is 0 Å². The van der Waals surface area contributed by atoms with Crippen LogP contribution in [0.1, 0.15) is 38.5 Å². The van der Waals surface area contributed by atoms with Gasteiger partial charge in [-0.2, -0.15) is 5.10 Å². The van der Waals surface area contributed by atoms with Gasteiger partial charge in [0, 0.05) is 41.0 Å². The van der Waals surface area contributed by atoms with Crippen molar-refractivity contribution in [3.8, 4) is 33.9 Å². The highest BCUT2D eigenvalue weighted by Crippen LogP contribution is 2.33. The molecule has 0 radical (unpaired) electrons. The summed E-state index contributed by atoms with van der Waals surface area (Å²) in [6.07, 6.45) is 13.1. The topological polar surface area (TPSA) is 151 Å². The Labute approximate surface area is 240 Å². The molecule has 5 aromatic heterocycles. The number of benzene rings is 1. The van der Waals surface area contributed by atoms with Crippen LogP contribution in [0.4, 0.5) is 15.8 Å². The molecule has 1 aliphatic rings. The van der Waals surface area contributed by atoms with E-state index < -0.39 is 5.82 Å². The average molecular weight is 562 g/mol. The summed E-state index contributed by atoms with van der Waals surface area (Å²) in [5, 5.41) is 11.3. The van der Waals surface area contributed by atoms with E-state index in [4.69, 9.17) is 10.7 Å². The molecule has 1 saturated carbocycles. The molecule has 0 atom stereocenters. The van der Waals surface area contributed by atoms with Gasteiger partial charge in [-0.05, 0) is 60.7 Å². The minimum atomic E-state index is -0.425. The number of hydrogen-bond donors (Lipinski definition) is 4. The number of anilines is 2. The number of hydrogen-bond acceptors (Lipinski definition) is 7. The van der Waals surface area contributed by atoms with E-state index in [-0.39, 0.29) is 5.91 Å². The van der Waals surface area contributed by atoms with Crippen LogP contribution in [0.2, 0.25) is 0 Å². The molecule has 210 valence electrons. The summed E-state index contributed by atoms with van der Waals surface area (Å²) < 4.78 is 14.1. The van der Waals surface area contributed by atoms with Crippen LogP contribution >= 0.6 is 0 Å². The second-order valence-corrected chi connectivity index (χ2v) is 10.8. The van der Waals surface area contributed by atoms with Gasteiger partial charge < -0.3 is 16.0 Å². The second kappa shape index (κ2) is 10.7. The van der Waals surface area contributed by atoms with Gasteiger partial charge in [0.2, 0.25) is 5.91 Å². The number of nitrogen functional groups attached to an aromatic ring is 1. The standard InChI is InChI=1S/C31H28FN9O/c32-20-9-18(10-21(33)12-20)23-6-7-35-30-28(23)38-31(39-30)29-24-13-25(36-16-26(24)40-41-29)19-11-22(15-34-14-19)37-27(42)8-17-4-2-1-3-5-17/h6-7,9-17H,1-5,8,33H2,(H,37,42)(H,40,41)(H,35,38,39). The Hall–Kier alpha value is -5.19. The molecule has 1 aromatic carbocycles. The zero-order valence-corrected chi connectivity index (χ0v) is 22.7. The molecule has 0 spiro atoms. The van der Waals surface area contributed by atoms with Crippen LogP contribution in [-0.4, -0.2) is 41.0 Å². The van der Waals surface area contributed by atoms with E-state index in [0.29, 0.717) is 63.2 Å². The normalized spacial score (nSPS) is 14.0. The lowest BCUT2D eigenvalue weighted by Crippen LogP contribution is -2.18. The smallest absolute Gasteiger partial charge is 0.224 e. The minimum absolute atomic E-state index is 0.0141. The third kappa shape index (κ3) is 5.05. The Morgan fingerprint density at radius 1 is 1.02 bits per heavy atom. The number of fused-ring (bicyclic) bond motifs is 2. The predicted molar refractivity (Wildman–Crippen MR) is 160 cm³/mol. The molecule has 1 fully saturated rings. The van der Waals surface area contributed by atoms with Crippen LogP contribution in [0, 0.1) is 11.7 Å². The minimum Gasteiger partial charge on any atom is -0.399 e. The summed E-state index contributed by atoms with van der Waals surface area (Å²) in [6.45, 7) is 0. The second-order valence-electron chi connectivity index (χ2n) is 10.8. The maximum Gasteiger partial charge on any atom is 0.224 e. The zero-order chi connectivity index (χ0) is 28.6. The van der Waals surface area contributed by atoms with Crippen molar-refractivity contribution in [3.63, 3.8) is 0 Å². The van der Waals surface area contributed by atoms with Gasteiger partial charge in [-0.25, -0.2) is 14.4 Å². The Kier molecular flexibility index (Phi) is 6.54. The monoisotopic (exact) mass is 561 g/mol. The Morgan fingerprint density at radius 2 is 1.90 bits per heavy atom. The molecule has 1 amide bonds. The molecule has 6 aromatic rings. The van der Waals surface area contributed by atoms with Crippen LogP contribution in [0.3, 0.4) is 0 Å². The molecule has 11 heteroatoms. The molecule has 10 nitrogen and oxygen atoms in total. The fourth-order valence-electron chi connectivity index (χ4n) is 5.79. The third-order valence-electron chi connectivity index (χ3n) is 7.80. The molecule has 0 bridgehead atoms. The molecule has 42 heavy (non-hydrogen) atoms. The molecule has 1 aliphatic carbocycles. The van der Waals surface area contributed by atoms with Crippen molar-refractivity contribution >= 4 is 39.3 Å². The molecule has 5 N–H and O–H groups in total. The Morgan fingerprint density at radius 3 is 2.76 bits per heavy atom. The molecular weight excluding hydrogens is 533 g/mol. The molecule has 0 aliphatic heterocycles. The van der Waals surface area contributed by atoms with Crippen molar-refractivity contribution in [1.82, 2.24) is 35.1 Å². The third-order valence-corrected chi connectivity index (χ3v) is 7.80. The lowest BCUT2D eigenvalue weighted by molar-refractivity contribution is -0.117. The summed E-state index contributed by atoms with van der Waals surface area (Å²) in [4.78, 5) is 34.1. The van der Waals surface area contributed by atoms with Crippen LogP contribution in [0.25, 0.3) is 56.0 Å². The highest BCUT2D eigenvalue weighted by atomic mass is 19.1. The largest absolute Gasteiger partial charge is 0.399 e. The first-order valence-electron chi connectivity index (χ1n) is 14.0. The molecule has 0 unspecified atom stereocenters. The van der Waals surface area contributed by atoms with Crippen molar-refractivity contribution in [2.24, 2.45) is 5.92 Å². The lowest BCUT2D eigenvalue weighted by Gasteiger charge is -2.20. The number of carbonyl (C=O) groups is 1. The first kappa shape index (κ1) is 25.8. The number of amides is 1. The lowest BCUT2D eigenvalue weighted by atomic mass is 9.87. The predicted octanol–water partition coefficient (Wildman–Crippen LogP) is 6.26. The maximum absolute atomic E-state index is 14.1. The van der Waals surface area contributed by atoms with E-state index >= 15 is 0 Å². The maximum atomic E-state index is 14.1. The van der Waals surface area contributed by atoms with Gasteiger partial charge in [-0.1, -0.05) is 19.3 Å². The fourth-order valence-corrected chi connectivity index (χ4v) is 5.79. The summed E-state index contributed by atoms with van der Waals surface area (Å²) in [6, 6.07) is 9.96. The fraction of sp³-hybridized carbons (Fsp3) is 0.226. The number of imidazole rings is 1. The van der Waals surface area contributed by atoms with E-state index in [9.17, 15) is 9.18 Å². The number of nitrogens with one attached hydrogen (secondary N) is 3. The average Bonchev–Trinajstić information content (AvgIpc) is 3.61. The van der Waals surface area contributed by atoms with Crippen LogP contribution in [0.5, 0.6) is 0 Å². The van der Waals surface area contributed by atoms with Crippen molar-refractivity contribution in [2.75, 3.05) is 11.1 Å².